The minimum Gasteiger partial charge on any atom is -0.480 e. The molecule has 3 amide bonds. The van der Waals surface area contributed by atoms with Crippen LogP contribution in [0.25, 0.3) is 10.9 Å². The first-order valence-electron chi connectivity index (χ1n) is 12.6. The largest absolute Gasteiger partial charge is 0.480 e. The second-order valence-electron chi connectivity index (χ2n) is 9.77. The molecule has 0 saturated carbocycles. The van der Waals surface area contributed by atoms with Gasteiger partial charge in [-0.25, -0.2) is 4.79 Å². The number of thioether (sulfide) groups is 1. The van der Waals surface area contributed by atoms with E-state index in [1.165, 1.54) is 16.7 Å². The second kappa shape index (κ2) is 13.0. The van der Waals surface area contributed by atoms with Gasteiger partial charge in [0, 0.05) is 23.6 Å². The fourth-order valence-electron chi connectivity index (χ4n) is 4.65. The molecule has 1 aliphatic heterocycles. The van der Waals surface area contributed by atoms with Gasteiger partial charge in [-0.1, -0.05) is 32.0 Å². The van der Waals surface area contributed by atoms with Crippen LogP contribution < -0.4 is 16.4 Å². The summed E-state index contributed by atoms with van der Waals surface area (Å²) in [6.45, 7) is 4.00. The Hall–Kier alpha value is -3.05. The van der Waals surface area contributed by atoms with Crippen molar-refractivity contribution in [3.63, 3.8) is 0 Å². The zero-order chi connectivity index (χ0) is 27.1. The molecule has 3 rings (SSSR count). The first kappa shape index (κ1) is 28.5. The number of carboxylic acids is 1. The van der Waals surface area contributed by atoms with Gasteiger partial charge in [-0.05, 0) is 55.2 Å². The fourth-order valence-corrected chi connectivity index (χ4v) is 5.12. The number of aromatic nitrogens is 1. The molecule has 2 aromatic rings. The number of carbonyl (C=O) groups is 4. The Morgan fingerprint density at radius 3 is 2.62 bits per heavy atom. The van der Waals surface area contributed by atoms with Gasteiger partial charge >= 0.3 is 5.97 Å². The van der Waals surface area contributed by atoms with Crippen molar-refractivity contribution in [2.45, 2.75) is 63.7 Å². The number of rotatable bonds is 12. The Kier molecular flexibility index (Phi) is 9.99. The molecule has 10 nitrogen and oxygen atoms in total. The van der Waals surface area contributed by atoms with Gasteiger partial charge in [0.2, 0.25) is 17.7 Å². The number of fused-ring (bicyclic) bond motifs is 1. The normalized spacial score (nSPS) is 18.0. The Balaban J connectivity index is 1.66. The van der Waals surface area contributed by atoms with E-state index < -0.39 is 42.0 Å². The van der Waals surface area contributed by atoms with E-state index in [0.717, 1.165) is 16.5 Å². The maximum Gasteiger partial charge on any atom is 0.326 e. The molecule has 0 bridgehead atoms. The third-order valence-corrected chi connectivity index (χ3v) is 7.39. The summed E-state index contributed by atoms with van der Waals surface area (Å²) >= 11 is 1.50. The number of amides is 3. The molecular formula is C26H37N5O5S. The number of aromatic amines is 1. The van der Waals surface area contributed by atoms with Crippen LogP contribution in [0.4, 0.5) is 0 Å². The van der Waals surface area contributed by atoms with Crippen molar-refractivity contribution < 1.29 is 24.3 Å². The van der Waals surface area contributed by atoms with Gasteiger partial charge in [0.1, 0.15) is 18.1 Å². The zero-order valence-corrected chi connectivity index (χ0v) is 22.3. The van der Waals surface area contributed by atoms with Gasteiger partial charge in [-0.2, -0.15) is 11.8 Å². The summed E-state index contributed by atoms with van der Waals surface area (Å²) in [7, 11) is 0. The number of carbonyl (C=O) groups excluding carboxylic acids is 3. The average molecular weight is 532 g/mol. The van der Waals surface area contributed by atoms with E-state index in [9.17, 15) is 24.3 Å². The maximum atomic E-state index is 13.5. The molecule has 0 aliphatic carbocycles. The molecule has 2 heterocycles. The van der Waals surface area contributed by atoms with Crippen LogP contribution in [0, 0.1) is 5.92 Å². The maximum absolute atomic E-state index is 13.5. The van der Waals surface area contributed by atoms with Crippen molar-refractivity contribution in [2.75, 3.05) is 18.6 Å². The molecule has 6 N–H and O–H groups in total. The number of benzene rings is 1. The number of carboxylic acid groups (broad SMARTS) is 1. The molecule has 11 heteroatoms. The number of aliphatic carboxylic acids is 1. The van der Waals surface area contributed by atoms with Crippen molar-refractivity contribution in [3.05, 3.63) is 36.0 Å². The Morgan fingerprint density at radius 2 is 1.95 bits per heavy atom. The lowest BCUT2D eigenvalue weighted by atomic mass is 10.00. The fraction of sp³-hybridized carbons (Fsp3) is 0.538. The third kappa shape index (κ3) is 7.04. The van der Waals surface area contributed by atoms with Crippen LogP contribution in [-0.2, 0) is 25.6 Å². The van der Waals surface area contributed by atoms with E-state index in [4.69, 9.17) is 5.73 Å². The Morgan fingerprint density at radius 1 is 1.22 bits per heavy atom. The molecule has 0 spiro atoms. The standard InChI is InChI=1S/C26H37N5O5S/c1-15(2)22(30-23(32)18(27)13-16-14-28-19-8-5-4-7-17(16)19)25(34)31-11-6-9-21(31)24(33)29-20(26(35)36)10-12-37-3/h4-5,7-8,14-15,18,20-22,28H,6,9-13,27H2,1-3H3,(H,29,33)(H,30,32)(H,35,36). The monoisotopic (exact) mass is 531 g/mol. The Labute approximate surface area is 221 Å². The minimum absolute atomic E-state index is 0.241. The van der Waals surface area contributed by atoms with Crippen LogP contribution in [-0.4, -0.2) is 81.4 Å². The molecule has 1 aliphatic rings. The predicted molar refractivity (Wildman–Crippen MR) is 144 cm³/mol. The second-order valence-corrected chi connectivity index (χ2v) is 10.8. The SMILES string of the molecule is CSCCC(NC(=O)C1CCCN1C(=O)C(NC(=O)C(N)Cc1c[nH]c2ccccc12)C(C)C)C(=O)O. The number of H-pyrrole nitrogens is 1. The highest BCUT2D eigenvalue weighted by Crippen LogP contribution is 2.22. The average Bonchev–Trinajstić information content (AvgIpc) is 3.52. The number of nitrogens with one attached hydrogen (secondary N) is 3. The molecule has 1 saturated heterocycles. The molecular weight excluding hydrogens is 494 g/mol. The van der Waals surface area contributed by atoms with Crippen LogP contribution in [0.1, 0.15) is 38.7 Å². The van der Waals surface area contributed by atoms with Crippen LogP contribution in [0.5, 0.6) is 0 Å². The van der Waals surface area contributed by atoms with Crippen LogP contribution >= 0.6 is 11.8 Å². The van der Waals surface area contributed by atoms with E-state index in [2.05, 4.69) is 15.6 Å². The van der Waals surface area contributed by atoms with Gasteiger partial charge in [-0.3, -0.25) is 14.4 Å². The summed E-state index contributed by atoms with van der Waals surface area (Å²) in [5, 5.41) is 15.8. The highest BCUT2D eigenvalue weighted by atomic mass is 32.2. The molecule has 1 aromatic carbocycles. The number of nitrogens with zero attached hydrogens (tertiary/aromatic N) is 1. The molecule has 1 aromatic heterocycles. The van der Waals surface area contributed by atoms with E-state index in [0.29, 0.717) is 38.0 Å². The molecule has 4 unspecified atom stereocenters. The highest BCUT2D eigenvalue weighted by Gasteiger charge is 2.40. The van der Waals surface area contributed by atoms with Gasteiger partial charge in [0.15, 0.2) is 0 Å². The number of hydrogen-bond acceptors (Lipinski definition) is 6. The molecule has 37 heavy (non-hydrogen) atoms. The number of nitrogens with two attached hydrogens (primary N) is 1. The molecule has 202 valence electrons. The first-order chi connectivity index (χ1) is 17.6. The van der Waals surface area contributed by atoms with Gasteiger partial charge in [-0.15, -0.1) is 0 Å². The number of likely N-dealkylation sites (tertiary alicyclic amines) is 1. The van der Waals surface area contributed by atoms with Crippen molar-refractivity contribution in [3.8, 4) is 0 Å². The summed E-state index contributed by atoms with van der Waals surface area (Å²) in [6, 6.07) is 4.24. The minimum atomic E-state index is -1.10. The van der Waals surface area contributed by atoms with Crippen molar-refractivity contribution in [1.29, 1.82) is 0 Å². The number of hydrogen-bond donors (Lipinski definition) is 5. The summed E-state index contributed by atoms with van der Waals surface area (Å²) in [4.78, 5) is 55.7. The topological polar surface area (TPSA) is 158 Å². The van der Waals surface area contributed by atoms with Crippen LogP contribution in [0.3, 0.4) is 0 Å². The lowest BCUT2D eigenvalue weighted by Gasteiger charge is -2.31. The van der Waals surface area contributed by atoms with Crippen LogP contribution in [0.2, 0.25) is 0 Å². The highest BCUT2D eigenvalue weighted by molar-refractivity contribution is 7.98. The molecule has 4 atom stereocenters. The van der Waals surface area contributed by atoms with E-state index in [-0.39, 0.29) is 11.8 Å². The van der Waals surface area contributed by atoms with E-state index in [1.807, 2.05) is 50.6 Å². The quantitative estimate of drug-likeness (QED) is 0.278. The first-order valence-corrected chi connectivity index (χ1v) is 14.0. The number of para-hydroxylation sites is 1. The van der Waals surface area contributed by atoms with Gasteiger partial charge in [0.05, 0.1) is 6.04 Å². The van der Waals surface area contributed by atoms with Gasteiger partial charge < -0.3 is 31.4 Å². The molecule has 1 fully saturated rings. The summed E-state index contributed by atoms with van der Waals surface area (Å²) in [6.07, 6.45) is 5.35. The summed E-state index contributed by atoms with van der Waals surface area (Å²) < 4.78 is 0. The molecule has 0 radical (unpaired) electrons. The van der Waals surface area contributed by atoms with Crippen molar-refractivity contribution in [2.24, 2.45) is 11.7 Å². The smallest absolute Gasteiger partial charge is 0.326 e. The van der Waals surface area contributed by atoms with Gasteiger partial charge in [0.25, 0.3) is 0 Å². The van der Waals surface area contributed by atoms with Crippen molar-refractivity contribution in [1.82, 2.24) is 20.5 Å². The van der Waals surface area contributed by atoms with Crippen LogP contribution in [0.15, 0.2) is 30.5 Å². The lowest BCUT2D eigenvalue weighted by Crippen LogP contribution is -2.58. The van der Waals surface area contributed by atoms with Crippen molar-refractivity contribution >= 4 is 46.4 Å². The Bertz CT molecular complexity index is 1120. The lowest BCUT2D eigenvalue weighted by molar-refractivity contribution is -0.145. The third-order valence-electron chi connectivity index (χ3n) is 6.75. The summed E-state index contributed by atoms with van der Waals surface area (Å²) in [5.74, 6) is -2.05. The van der Waals surface area contributed by atoms with E-state index >= 15 is 0 Å². The van der Waals surface area contributed by atoms with E-state index in [1.54, 1.807) is 0 Å². The summed E-state index contributed by atoms with van der Waals surface area (Å²) in [5.41, 5.74) is 8.10. The zero-order valence-electron chi connectivity index (χ0n) is 21.5. The predicted octanol–water partition coefficient (Wildman–Crippen LogP) is 1.49.